The van der Waals surface area contributed by atoms with Crippen LogP contribution in [0.15, 0.2) is 36.4 Å². The first-order valence-electron chi connectivity index (χ1n) is 6.97. The highest BCUT2D eigenvalue weighted by molar-refractivity contribution is 6.30. The SMILES string of the molecule is O=C(COC(=O)C[C@H]1C=CCC1)NCc1ccc(Cl)cc1. The lowest BCUT2D eigenvalue weighted by atomic mass is 10.1. The molecule has 1 aliphatic carbocycles. The van der Waals surface area contributed by atoms with Gasteiger partial charge in [0.25, 0.3) is 5.91 Å². The quantitative estimate of drug-likeness (QED) is 0.649. The maximum absolute atomic E-state index is 11.6. The minimum Gasteiger partial charge on any atom is -0.456 e. The molecular weight excluding hydrogens is 290 g/mol. The molecule has 1 aliphatic rings. The van der Waals surface area contributed by atoms with Gasteiger partial charge in [0, 0.05) is 11.6 Å². The molecule has 21 heavy (non-hydrogen) atoms. The van der Waals surface area contributed by atoms with Crippen molar-refractivity contribution in [2.45, 2.75) is 25.8 Å². The molecule has 1 aromatic rings. The lowest BCUT2D eigenvalue weighted by molar-refractivity contribution is -0.149. The summed E-state index contributed by atoms with van der Waals surface area (Å²) in [5.74, 6) is -0.372. The van der Waals surface area contributed by atoms with Crippen molar-refractivity contribution in [1.82, 2.24) is 5.32 Å². The molecule has 1 atom stereocenters. The molecule has 0 fully saturated rings. The predicted octanol–water partition coefficient (Wildman–Crippen LogP) is 2.86. The summed E-state index contributed by atoms with van der Waals surface area (Å²) in [4.78, 5) is 23.2. The van der Waals surface area contributed by atoms with E-state index in [4.69, 9.17) is 16.3 Å². The number of carbonyl (C=O) groups is 2. The van der Waals surface area contributed by atoms with Gasteiger partial charge in [-0.2, -0.15) is 0 Å². The molecule has 0 unspecified atom stereocenters. The number of ether oxygens (including phenoxy) is 1. The molecule has 1 N–H and O–H groups in total. The number of hydrogen-bond donors (Lipinski definition) is 1. The lowest BCUT2D eigenvalue weighted by Gasteiger charge is -2.09. The second-order valence-corrected chi connectivity index (χ2v) is 5.47. The number of halogens is 1. The van der Waals surface area contributed by atoms with Crippen LogP contribution < -0.4 is 5.32 Å². The second kappa shape index (κ2) is 7.84. The molecule has 112 valence electrons. The number of carbonyl (C=O) groups excluding carboxylic acids is 2. The first-order valence-corrected chi connectivity index (χ1v) is 7.34. The van der Waals surface area contributed by atoms with Crippen LogP contribution in [-0.2, 0) is 20.9 Å². The largest absolute Gasteiger partial charge is 0.456 e. The van der Waals surface area contributed by atoms with Crippen LogP contribution in [0.25, 0.3) is 0 Å². The fourth-order valence-electron chi connectivity index (χ4n) is 2.14. The van der Waals surface area contributed by atoms with Gasteiger partial charge in [-0.25, -0.2) is 0 Å². The summed E-state index contributed by atoms with van der Waals surface area (Å²) in [7, 11) is 0. The molecule has 1 aromatic carbocycles. The Bertz CT molecular complexity index is 525. The van der Waals surface area contributed by atoms with E-state index in [2.05, 4.69) is 11.4 Å². The zero-order valence-electron chi connectivity index (χ0n) is 11.7. The third-order valence-electron chi connectivity index (χ3n) is 3.31. The number of nitrogens with one attached hydrogen (secondary N) is 1. The summed E-state index contributed by atoms with van der Waals surface area (Å²) >= 11 is 5.78. The van der Waals surface area contributed by atoms with Crippen molar-refractivity contribution < 1.29 is 14.3 Å². The summed E-state index contributed by atoms with van der Waals surface area (Å²) in [6.07, 6.45) is 6.44. The third-order valence-corrected chi connectivity index (χ3v) is 3.56. The highest BCUT2D eigenvalue weighted by Gasteiger charge is 2.15. The number of esters is 1. The van der Waals surface area contributed by atoms with E-state index in [1.54, 1.807) is 12.1 Å². The van der Waals surface area contributed by atoms with E-state index in [1.807, 2.05) is 18.2 Å². The number of hydrogen-bond acceptors (Lipinski definition) is 3. The Hall–Kier alpha value is -1.81. The Kier molecular flexibility index (Phi) is 5.81. The van der Waals surface area contributed by atoms with E-state index < -0.39 is 0 Å². The topological polar surface area (TPSA) is 55.4 Å². The van der Waals surface area contributed by atoms with Crippen LogP contribution in [0.3, 0.4) is 0 Å². The minimum absolute atomic E-state index is 0.233. The zero-order chi connectivity index (χ0) is 15.1. The van der Waals surface area contributed by atoms with Crippen molar-refractivity contribution in [2.24, 2.45) is 5.92 Å². The van der Waals surface area contributed by atoms with Gasteiger partial charge < -0.3 is 10.1 Å². The van der Waals surface area contributed by atoms with Gasteiger partial charge in [0.05, 0.1) is 6.42 Å². The molecule has 0 radical (unpaired) electrons. The molecule has 0 saturated carbocycles. The maximum Gasteiger partial charge on any atom is 0.306 e. The Morgan fingerprint density at radius 3 is 2.71 bits per heavy atom. The van der Waals surface area contributed by atoms with Crippen molar-refractivity contribution in [3.05, 3.63) is 47.0 Å². The van der Waals surface area contributed by atoms with E-state index in [1.165, 1.54) is 0 Å². The second-order valence-electron chi connectivity index (χ2n) is 5.03. The lowest BCUT2D eigenvalue weighted by Crippen LogP contribution is -2.28. The summed E-state index contributed by atoms with van der Waals surface area (Å²) in [6.45, 7) is 0.155. The molecule has 0 heterocycles. The van der Waals surface area contributed by atoms with Crippen LogP contribution in [0.4, 0.5) is 0 Å². The first-order chi connectivity index (χ1) is 10.1. The molecule has 0 saturated heterocycles. The highest BCUT2D eigenvalue weighted by atomic mass is 35.5. The van der Waals surface area contributed by atoms with Crippen LogP contribution in [-0.4, -0.2) is 18.5 Å². The van der Waals surface area contributed by atoms with Gasteiger partial charge in [-0.3, -0.25) is 9.59 Å². The van der Waals surface area contributed by atoms with E-state index in [0.717, 1.165) is 18.4 Å². The number of benzene rings is 1. The summed E-state index contributed by atoms with van der Waals surface area (Å²) < 4.78 is 4.97. The molecule has 0 spiro atoms. The van der Waals surface area contributed by atoms with Gasteiger partial charge in [-0.05, 0) is 36.5 Å². The number of rotatable bonds is 6. The van der Waals surface area contributed by atoms with Gasteiger partial charge in [0.15, 0.2) is 6.61 Å². The Morgan fingerprint density at radius 1 is 1.29 bits per heavy atom. The van der Waals surface area contributed by atoms with Crippen LogP contribution in [0.5, 0.6) is 0 Å². The van der Waals surface area contributed by atoms with E-state index >= 15 is 0 Å². The Morgan fingerprint density at radius 2 is 2.05 bits per heavy atom. The average Bonchev–Trinajstić information content (AvgIpc) is 2.97. The summed E-state index contributed by atoms with van der Waals surface area (Å²) in [5, 5.41) is 3.35. The van der Waals surface area contributed by atoms with E-state index in [0.29, 0.717) is 18.0 Å². The predicted molar refractivity (Wildman–Crippen MR) is 80.7 cm³/mol. The Balaban J connectivity index is 1.63. The fourth-order valence-corrected chi connectivity index (χ4v) is 2.26. The number of allylic oxidation sites excluding steroid dienone is 2. The normalized spacial score (nSPS) is 16.7. The van der Waals surface area contributed by atoms with Crippen LogP contribution in [0, 0.1) is 5.92 Å². The van der Waals surface area contributed by atoms with Gasteiger partial charge in [0.1, 0.15) is 0 Å². The van der Waals surface area contributed by atoms with Crippen molar-refractivity contribution in [3.63, 3.8) is 0 Å². The molecule has 0 aromatic heterocycles. The van der Waals surface area contributed by atoms with Crippen LogP contribution in [0.1, 0.15) is 24.8 Å². The van der Waals surface area contributed by atoms with Crippen molar-refractivity contribution in [2.75, 3.05) is 6.61 Å². The smallest absolute Gasteiger partial charge is 0.306 e. The highest BCUT2D eigenvalue weighted by Crippen LogP contribution is 2.20. The van der Waals surface area contributed by atoms with Gasteiger partial charge in [-0.1, -0.05) is 35.9 Å². The molecule has 2 rings (SSSR count). The molecule has 5 heteroatoms. The molecule has 0 bridgehead atoms. The van der Waals surface area contributed by atoms with Crippen molar-refractivity contribution >= 4 is 23.5 Å². The van der Waals surface area contributed by atoms with E-state index in [9.17, 15) is 9.59 Å². The Labute approximate surface area is 129 Å². The van der Waals surface area contributed by atoms with Crippen molar-refractivity contribution in [3.8, 4) is 0 Å². The standard InChI is InChI=1S/C16H18ClNO3/c17-14-7-5-13(6-8-14)10-18-15(19)11-21-16(20)9-12-3-1-2-4-12/h1,3,5-8,12H,2,4,9-11H2,(H,18,19)/t12-/m0/s1. The average molecular weight is 308 g/mol. The monoisotopic (exact) mass is 307 g/mol. The van der Waals surface area contributed by atoms with Gasteiger partial charge >= 0.3 is 5.97 Å². The zero-order valence-corrected chi connectivity index (χ0v) is 12.4. The van der Waals surface area contributed by atoms with Crippen LogP contribution in [0.2, 0.25) is 5.02 Å². The third kappa shape index (κ3) is 5.60. The van der Waals surface area contributed by atoms with Crippen molar-refractivity contribution in [1.29, 1.82) is 0 Å². The van der Waals surface area contributed by atoms with Gasteiger partial charge in [-0.15, -0.1) is 0 Å². The molecular formula is C16H18ClNO3. The van der Waals surface area contributed by atoms with Crippen LogP contribution >= 0.6 is 11.6 Å². The summed E-state index contributed by atoms with van der Waals surface area (Å²) in [6, 6.07) is 7.19. The fraction of sp³-hybridized carbons (Fsp3) is 0.375. The maximum atomic E-state index is 11.6. The molecule has 4 nitrogen and oxygen atoms in total. The molecule has 0 aliphatic heterocycles. The first kappa shape index (κ1) is 15.6. The molecule has 1 amide bonds. The summed E-state index contributed by atoms with van der Waals surface area (Å²) in [5.41, 5.74) is 0.940. The number of amides is 1. The van der Waals surface area contributed by atoms with E-state index in [-0.39, 0.29) is 24.4 Å². The van der Waals surface area contributed by atoms with Gasteiger partial charge in [0.2, 0.25) is 0 Å². The minimum atomic E-state index is -0.326.